The van der Waals surface area contributed by atoms with Crippen LogP contribution in [0.4, 0.5) is 5.69 Å². The molecule has 0 aliphatic rings. The molecule has 106 valence electrons. The molecule has 0 atom stereocenters. The van der Waals surface area contributed by atoms with E-state index >= 15 is 0 Å². The maximum Gasteiger partial charge on any atom is 0.272 e. The predicted molar refractivity (Wildman–Crippen MR) is 80.0 cm³/mol. The number of nitrogens with zero attached hydrogens (tertiary/aromatic N) is 2. The lowest BCUT2D eigenvalue weighted by Crippen LogP contribution is -2.17. The SMILES string of the molecule is CC(=O)Nc1ccc(/C=N\NC(=O)c2cccnc2)cc1. The Labute approximate surface area is 121 Å². The minimum atomic E-state index is -0.325. The van der Waals surface area contributed by atoms with Gasteiger partial charge in [-0.1, -0.05) is 12.1 Å². The first-order valence-electron chi connectivity index (χ1n) is 6.26. The van der Waals surface area contributed by atoms with Crippen LogP contribution in [-0.2, 0) is 4.79 Å². The molecule has 0 saturated heterocycles. The van der Waals surface area contributed by atoms with Gasteiger partial charge >= 0.3 is 0 Å². The van der Waals surface area contributed by atoms with Crippen molar-refractivity contribution in [1.29, 1.82) is 0 Å². The smallest absolute Gasteiger partial charge is 0.272 e. The van der Waals surface area contributed by atoms with Crippen molar-refractivity contribution < 1.29 is 9.59 Å². The van der Waals surface area contributed by atoms with Gasteiger partial charge < -0.3 is 5.32 Å². The summed E-state index contributed by atoms with van der Waals surface area (Å²) in [6.45, 7) is 1.45. The Kier molecular flexibility index (Phi) is 4.76. The summed E-state index contributed by atoms with van der Waals surface area (Å²) >= 11 is 0. The Bertz CT molecular complexity index is 651. The average Bonchev–Trinajstić information content (AvgIpc) is 2.49. The lowest BCUT2D eigenvalue weighted by Gasteiger charge is -2.01. The lowest BCUT2D eigenvalue weighted by atomic mass is 10.2. The summed E-state index contributed by atoms with van der Waals surface area (Å²) in [7, 11) is 0. The number of anilines is 1. The fraction of sp³-hybridized carbons (Fsp3) is 0.0667. The molecule has 1 heterocycles. The maximum atomic E-state index is 11.7. The molecule has 0 fully saturated rings. The third-order valence-corrected chi connectivity index (χ3v) is 2.53. The van der Waals surface area contributed by atoms with Crippen LogP contribution in [0.25, 0.3) is 0 Å². The van der Waals surface area contributed by atoms with Gasteiger partial charge in [-0.2, -0.15) is 5.10 Å². The van der Waals surface area contributed by atoms with E-state index in [1.54, 1.807) is 42.6 Å². The Hall–Kier alpha value is -3.02. The number of nitrogens with one attached hydrogen (secondary N) is 2. The quantitative estimate of drug-likeness (QED) is 0.662. The number of carbonyl (C=O) groups excluding carboxylic acids is 2. The van der Waals surface area contributed by atoms with E-state index in [4.69, 9.17) is 0 Å². The first-order chi connectivity index (χ1) is 10.1. The van der Waals surface area contributed by atoms with Crippen molar-refractivity contribution >= 4 is 23.7 Å². The Balaban J connectivity index is 1.92. The van der Waals surface area contributed by atoms with E-state index in [0.29, 0.717) is 11.3 Å². The summed E-state index contributed by atoms with van der Waals surface area (Å²) in [4.78, 5) is 26.4. The van der Waals surface area contributed by atoms with E-state index in [1.807, 2.05) is 0 Å². The van der Waals surface area contributed by atoms with Gasteiger partial charge in [0.25, 0.3) is 5.91 Å². The fourth-order valence-electron chi connectivity index (χ4n) is 1.58. The van der Waals surface area contributed by atoms with E-state index < -0.39 is 0 Å². The van der Waals surface area contributed by atoms with Gasteiger partial charge in [0.1, 0.15) is 0 Å². The molecule has 6 nitrogen and oxygen atoms in total. The largest absolute Gasteiger partial charge is 0.326 e. The van der Waals surface area contributed by atoms with Crippen LogP contribution in [0.3, 0.4) is 0 Å². The van der Waals surface area contributed by atoms with Gasteiger partial charge in [0.15, 0.2) is 0 Å². The van der Waals surface area contributed by atoms with Crippen LogP contribution in [0.2, 0.25) is 0 Å². The molecule has 21 heavy (non-hydrogen) atoms. The molecule has 2 rings (SSSR count). The summed E-state index contributed by atoms with van der Waals surface area (Å²) in [6.07, 6.45) is 4.58. The molecule has 1 aromatic carbocycles. The summed E-state index contributed by atoms with van der Waals surface area (Å²) in [5, 5.41) is 6.54. The topological polar surface area (TPSA) is 83.5 Å². The second-order valence-corrected chi connectivity index (χ2v) is 4.24. The molecular weight excluding hydrogens is 268 g/mol. The zero-order chi connectivity index (χ0) is 15.1. The van der Waals surface area contributed by atoms with E-state index in [1.165, 1.54) is 19.3 Å². The van der Waals surface area contributed by atoms with Crippen molar-refractivity contribution in [3.8, 4) is 0 Å². The van der Waals surface area contributed by atoms with Gasteiger partial charge in [-0.05, 0) is 29.8 Å². The molecule has 2 amide bonds. The molecule has 0 unspecified atom stereocenters. The fourth-order valence-corrected chi connectivity index (χ4v) is 1.58. The van der Waals surface area contributed by atoms with Gasteiger partial charge in [-0.15, -0.1) is 0 Å². The van der Waals surface area contributed by atoms with E-state index in [2.05, 4.69) is 20.8 Å². The Morgan fingerprint density at radius 2 is 1.95 bits per heavy atom. The third-order valence-electron chi connectivity index (χ3n) is 2.53. The summed E-state index contributed by atoms with van der Waals surface area (Å²) in [5.74, 6) is -0.450. The number of benzene rings is 1. The van der Waals surface area contributed by atoms with Crippen molar-refractivity contribution in [3.63, 3.8) is 0 Å². The molecular formula is C15H14N4O2. The first kappa shape index (κ1) is 14.4. The van der Waals surface area contributed by atoms with Gasteiger partial charge in [0.2, 0.25) is 5.91 Å². The van der Waals surface area contributed by atoms with Crippen molar-refractivity contribution in [2.24, 2.45) is 5.10 Å². The van der Waals surface area contributed by atoms with Crippen molar-refractivity contribution in [3.05, 3.63) is 59.9 Å². The number of rotatable bonds is 4. The van der Waals surface area contributed by atoms with E-state index in [-0.39, 0.29) is 11.8 Å². The van der Waals surface area contributed by atoms with Crippen molar-refractivity contribution in [1.82, 2.24) is 10.4 Å². The number of carbonyl (C=O) groups is 2. The van der Waals surface area contributed by atoms with Crippen LogP contribution in [0.1, 0.15) is 22.8 Å². The molecule has 2 N–H and O–H groups in total. The lowest BCUT2D eigenvalue weighted by molar-refractivity contribution is -0.114. The highest BCUT2D eigenvalue weighted by molar-refractivity contribution is 5.94. The van der Waals surface area contributed by atoms with E-state index in [9.17, 15) is 9.59 Å². The Morgan fingerprint density at radius 3 is 2.57 bits per heavy atom. The van der Waals surface area contributed by atoms with Crippen LogP contribution >= 0.6 is 0 Å². The van der Waals surface area contributed by atoms with E-state index in [0.717, 1.165) is 5.56 Å². The summed E-state index contributed by atoms with van der Waals surface area (Å²) < 4.78 is 0. The minimum absolute atomic E-state index is 0.125. The second-order valence-electron chi connectivity index (χ2n) is 4.24. The predicted octanol–water partition coefficient (Wildman–Crippen LogP) is 1.80. The number of amides is 2. The molecule has 2 aromatic rings. The Morgan fingerprint density at radius 1 is 1.19 bits per heavy atom. The molecule has 0 aliphatic heterocycles. The molecule has 0 bridgehead atoms. The van der Waals surface area contributed by atoms with Crippen molar-refractivity contribution in [2.45, 2.75) is 6.92 Å². The van der Waals surface area contributed by atoms with Crippen LogP contribution in [0.15, 0.2) is 53.9 Å². The number of hydrogen-bond donors (Lipinski definition) is 2. The average molecular weight is 282 g/mol. The highest BCUT2D eigenvalue weighted by Gasteiger charge is 2.02. The molecule has 6 heteroatoms. The monoisotopic (exact) mass is 282 g/mol. The van der Waals surface area contributed by atoms with Gasteiger partial charge in [0, 0.05) is 25.0 Å². The van der Waals surface area contributed by atoms with Crippen LogP contribution < -0.4 is 10.7 Å². The van der Waals surface area contributed by atoms with Gasteiger partial charge in [0.05, 0.1) is 11.8 Å². The molecule has 0 radical (unpaired) electrons. The molecule has 0 spiro atoms. The first-order valence-corrected chi connectivity index (χ1v) is 6.26. The summed E-state index contributed by atoms with van der Waals surface area (Å²) in [6, 6.07) is 10.4. The zero-order valence-corrected chi connectivity index (χ0v) is 11.4. The zero-order valence-electron chi connectivity index (χ0n) is 11.4. The number of aromatic nitrogens is 1. The highest BCUT2D eigenvalue weighted by Crippen LogP contribution is 2.07. The molecule has 1 aromatic heterocycles. The van der Waals surface area contributed by atoms with Gasteiger partial charge in [-0.25, -0.2) is 5.43 Å². The third kappa shape index (κ3) is 4.54. The number of hydrazone groups is 1. The summed E-state index contributed by atoms with van der Waals surface area (Å²) in [5.41, 5.74) is 4.36. The normalized spacial score (nSPS) is 10.3. The highest BCUT2D eigenvalue weighted by atomic mass is 16.2. The minimum Gasteiger partial charge on any atom is -0.326 e. The van der Waals surface area contributed by atoms with Crippen molar-refractivity contribution in [2.75, 3.05) is 5.32 Å². The molecule has 0 saturated carbocycles. The van der Waals surface area contributed by atoms with Crippen LogP contribution in [0, 0.1) is 0 Å². The number of pyridine rings is 1. The van der Waals surface area contributed by atoms with Crippen LogP contribution in [0.5, 0.6) is 0 Å². The maximum absolute atomic E-state index is 11.7. The standard InChI is InChI=1S/C15H14N4O2/c1-11(20)18-14-6-4-12(5-7-14)9-17-19-15(21)13-3-2-8-16-10-13/h2-10H,1H3,(H,18,20)(H,19,21)/b17-9-. The number of hydrogen-bond acceptors (Lipinski definition) is 4. The molecule has 0 aliphatic carbocycles. The van der Waals surface area contributed by atoms with Crippen LogP contribution in [-0.4, -0.2) is 23.0 Å². The second kappa shape index (κ2) is 6.95. The van der Waals surface area contributed by atoms with Gasteiger partial charge in [-0.3, -0.25) is 14.6 Å².